The summed E-state index contributed by atoms with van der Waals surface area (Å²) in [4.78, 5) is 22.7. The molecule has 0 aliphatic heterocycles. The second-order valence-corrected chi connectivity index (χ2v) is 12.2. The number of carbonyl (C=O) groups excluding carboxylic acids is 1. The van der Waals surface area contributed by atoms with Crippen molar-refractivity contribution in [2.75, 3.05) is 24.6 Å². The van der Waals surface area contributed by atoms with Crippen LogP contribution in [0.5, 0.6) is 0 Å². The number of rotatable bonds is 7. The number of hydrogen-bond donors (Lipinski definition) is 4. The second kappa shape index (κ2) is 12.7. The van der Waals surface area contributed by atoms with Gasteiger partial charge in [0.15, 0.2) is 5.13 Å². The first-order valence-corrected chi connectivity index (χ1v) is 14.9. The summed E-state index contributed by atoms with van der Waals surface area (Å²) in [6.45, 7) is 3.76. The Labute approximate surface area is 248 Å². The molecule has 2 aromatic heterocycles. The van der Waals surface area contributed by atoms with E-state index in [-0.39, 0.29) is 11.7 Å². The lowest BCUT2D eigenvalue weighted by molar-refractivity contribution is -0.0510. The highest BCUT2D eigenvalue weighted by atomic mass is 32.2. The molecule has 0 saturated carbocycles. The molecule has 43 heavy (non-hydrogen) atoms. The van der Waals surface area contributed by atoms with Crippen LogP contribution in [-0.2, 0) is 23.1 Å². The molecule has 0 fully saturated rings. The van der Waals surface area contributed by atoms with Crippen LogP contribution in [-0.4, -0.2) is 52.8 Å². The van der Waals surface area contributed by atoms with Crippen LogP contribution in [0, 0.1) is 12.7 Å². The Morgan fingerprint density at radius 2 is 1.79 bits per heavy atom. The fourth-order valence-corrected chi connectivity index (χ4v) is 5.08. The van der Waals surface area contributed by atoms with Gasteiger partial charge in [-0.3, -0.25) is 9.35 Å². The molecule has 0 atom stereocenters. The van der Waals surface area contributed by atoms with E-state index in [1.165, 1.54) is 46.7 Å². The third-order valence-corrected chi connectivity index (χ3v) is 7.89. The standard InChI is InChI=1S/C27H26FN5OS.CHF3O3S/c1-16-21(11-12-33(2)15-17-3-10-25-24(13-17)32-27(29)35-25)22-14-20(8-9-23(22)30-16)31-26(34)18-4-6-19(28)7-5-18;2-1(3,4)8(5,6)7/h3-10,13-14,30H,11-12,15H2,1-2H3,(H2,29,32)(H,31,34);(H,5,6,7). The van der Waals surface area contributed by atoms with Gasteiger partial charge in [-0.05, 0) is 86.1 Å². The highest BCUT2D eigenvalue weighted by Crippen LogP contribution is 2.27. The lowest BCUT2D eigenvalue weighted by Gasteiger charge is -2.17. The summed E-state index contributed by atoms with van der Waals surface area (Å²) in [7, 11) is -3.73. The zero-order valence-electron chi connectivity index (χ0n) is 22.9. The van der Waals surface area contributed by atoms with E-state index in [2.05, 4.69) is 52.4 Å². The Bertz CT molecular complexity index is 1870. The fraction of sp³-hybridized carbons (Fsp3) is 0.214. The average molecular weight is 638 g/mol. The number of thiazole rings is 1. The number of aromatic amines is 1. The summed E-state index contributed by atoms with van der Waals surface area (Å²) in [6, 6.07) is 17.7. The predicted octanol–water partition coefficient (Wildman–Crippen LogP) is 6.13. The van der Waals surface area contributed by atoms with E-state index in [9.17, 15) is 22.4 Å². The Morgan fingerprint density at radius 1 is 1.12 bits per heavy atom. The Balaban J connectivity index is 0.000000467. The van der Waals surface area contributed by atoms with Crippen LogP contribution in [0.3, 0.4) is 0 Å². The monoisotopic (exact) mass is 637 g/mol. The highest BCUT2D eigenvalue weighted by Gasteiger charge is 2.44. The second-order valence-electron chi connectivity index (χ2n) is 9.71. The van der Waals surface area contributed by atoms with E-state index < -0.39 is 15.6 Å². The number of halogens is 4. The van der Waals surface area contributed by atoms with Crippen molar-refractivity contribution in [3.05, 3.63) is 88.9 Å². The predicted molar refractivity (Wildman–Crippen MR) is 159 cm³/mol. The molecule has 15 heteroatoms. The highest BCUT2D eigenvalue weighted by molar-refractivity contribution is 7.86. The van der Waals surface area contributed by atoms with Crippen molar-refractivity contribution >= 4 is 59.3 Å². The molecule has 0 unspecified atom stereocenters. The number of nitrogen functional groups attached to an aromatic ring is 1. The summed E-state index contributed by atoms with van der Waals surface area (Å²) >= 11 is 1.50. The maximum Gasteiger partial charge on any atom is 0.522 e. The normalized spacial score (nSPS) is 12.0. The number of carbonyl (C=O) groups is 1. The number of aryl methyl sites for hydroxylation is 1. The van der Waals surface area contributed by atoms with Gasteiger partial charge < -0.3 is 20.9 Å². The molecule has 0 radical (unpaired) electrons. The minimum Gasteiger partial charge on any atom is -0.375 e. The molecular formula is C28H27F4N5O4S2. The molecule has 2 heterocycles. The molecule has 0 aliphatic rings. The van der Waals surface area contributed by atoms with Crippen LogP contribution < -0.4 is 11.1 Å². The summed E-state index contributed by atoms with van der Waals surface area (Å²) in [5, 5.41) is 4.60. The summed E-state index contributed by atoms with van der Waals surface area (Å²) in [6.07, 6.45) is 0.865. The summed E-state index contributed by atoms with van der Waals surface area (Å²) in [5.74, 6) is -0.634. The zero-order valence-corrected chi connectivity index (χ0v) is 24.5. The van der Waals surface area contributed by atoms with Crippen molar-refractivity contribution in [1.29, 1.82) is 0 Å². The first kappa shape index (κ1) is 31.9. The van der Waals surface area contributed by atoms with Gasteiger partial charge in [-0.2, -0.15) is 21.6 Å². The van der Waals surface area contributed by atoms with Crippen LogP contribution >= 0.6 is 11.3 Å². The quantitative estimate of drug-likeness (QED) is 0.0956. The fourth-order valence-electron chi connectivity index (χ4n) is 4.37. The number of likely N-dealkylation sites (N-methyl/N-ethyl adjacent to an activating group) is 1. The minimum atomic E-state index is -5.84. The van der Waals surface area contributed by atoms with E-state index in [1.54, 1.807) is 0 Å². The van der Waals surface area contributed by atoms with Gasteiger partial charge in [0.2, 0.25) is 0 Å². The van der Waals surface area contributed by atoms with Gasteiger partial charge in [-0.1, -0.05) is 17.4 Å². The number of amides is 1. The molecule has 0 aliphatic carbocycles. The molecule has 0 saturated heterocycles. The van der Waals surface area contributed by atoms with Crippen molar-refractivity contribution in [3.8, 4) is 0 Å². The average Bonchev–Trinajstić information content (AvgIpc) is 3.44. The molecule has 3 aromatic carbocycles. The molecule has 0 bridgehead atoms. The van der Waals surface area contributed by atoms with Gasteiger partial charge in [-0.15, -0.1) is 0 Å². The zero-order chi connectivity index (χ0) is 31.5. The molecule has 5 aromatic rings. The topological polar surface area (TPSA) is 141 Å². The first-order chi connectivity index (χ1) is 20.1. The number of benzene rings is 3. The summed E-state index contributed by atoms with van der Waals surface area (Å²) < 4.78 is 71.8. The molecule has 0 spiro atoms. The van der Waals surface area contributed by atoms with Gasteiger partial charge in [0.25, 0.3) is 5.91 Å². The van der Waals surface area contributed by atoms with Crippen LogP contribution in [0.25, 0.3) is 21.1 Å². The number of anilines is 2. The van der Waals surface area contributed by atoms with Crippen molar-refractivity contribution < 1.29 is 35.3 Å². The summed E-state index contributed by atoms with van der Waals surface area (Å²) in [5.41, 5.74) is 6.95. The Morgan fingerprint density at radius 3 is 2.44 bits per heavy atom. The lowest BCUT2D eigenvalue weighted by Crippen LogP contribution is -2.21. The first-order valence-electron chi connectivity index (χ1n) is 12.7. The van der Waals surface area contributed by atoms with E-state index in [1.807, 2.05) is 18.2 Å². The third-order valence-electron chi connectivity index (χ3n) is 6.44. The van der Waals surface area contributed by atoms with Gasteiger partial charge in [0.05, 0.1) is 10.2 Å². The Hall–Kier alpha value is -4.05. The number of nitrogens with one attached hydrogen (secondary N) is 2. The molecular weight excluding hydrogens is 610 g/mol. The number of nitrogens with zero attached hydrogens (tertiary/aromatic N) is 2. The van der Waals surface area contributed by atoms with Crippen LogP contribution in [0.4, 0.5) is 28.4 Å². The van der Waals surface area contributed by atoms with Crippen LogP contribution in [0.1, 0.15) is 27.2 Å². The molecule has 9 nitrogen and oxygen atoms in total. The number of nitrogens with two attached hydrogens (primary N) is 1. The molecule has 5 N–H and O–H groups in total. The molecule has 5 rings (SSSR count). The molecule has 228 valence electrons. The lowest BCUT2D eigenvalue weighted by atomic mass is 10.1. The van der Waals surface area contributed by atoms with E-state index in [0.717, 1.165) is 46.3 Å². The van der Waals surface area contributed by atoms with Crippen LogP contribution in [0.15, 0.2) is 60.7 Å². The number of alkyl halides is 3. The van der Waals surface area contributed by atoms with Gasteiger partial charge >= 0.3 is 15.6 Å². The minimum absolute atomic E-state index is 0.267. The van der Waals surface area contributed by atoms with Crippen molar-refractivity contribution in [3.63, 3.8) is 0 Å². The molecule has 1 amide bonds. The number of H-pyrrole nitrogens is 1. The van der Waals surface area contributed by atoms with Crippen molar-refractivity contribution in [1.82, 2.24) is 14.9 Å². The number of hydrogen-bond acceptors (Lipinski definition) is 7. The van der Waals surface area contributed by atoms with Gasteiger partial charge in [-0.25, -0.2) is 9.37 Å². The van der Waals surface area contributed by atoms with E-state index >= 15 is 0 Å². The SMILES string of the molecule is Cc1[nH]c2ccc(NC(=O)c3ccc(F)cc3)cc2c1CCN(C)Cc1ccc2sc(N)nc2c1.O=S(=O)(O)C(F)(F)F. The number of fused-ring (bicyclic) bond motifs is 2. The third kappa shape index (κ3) is 8.07. The van der Waals surface area contributed by atoms with Crippen molar-refractivity contribution in [2.24, 2.45) is 0 Å². The number of aromatic nitrogens is 2. The van der Waals surface area contributed by atoms with Gasteiger partial charge in [0.1, 0.15) is 5.82 Å². The Kier molecular flexibility index (Phi) is 9.39. The van der Waals surface area contributed by atoms with E-state index in [4.69, 9.17) is 18.7 Å². The maximum absolute atomic E-state index is 13.2. The van der Waals surface area contributed by atoms with E-state index in [0.29, 0.717) is 16.4 Å². The van der Waals surface area contributed by atoms with Crippen LogP contribution in [0.2, 0.25) is 0 Å². The maximum atomic E-state index is 13.2. The smallest absolute Gasteiger partial charge is 0.375 e. The van der Waals surface area contributed by atoms with Crippen molar-refractivity contribution in [2.45, 2.75) is 25.4 Å². The van der Waals surface area contributed by atoms with Gasteiger partial charge in [0, 0.05) is 40.9 Å². The largest absolute Gasteiger partial charge is 0.522 e.